The molecule has 0 aliphatic carbocycles. The molecule has 0 fully saturated rings. The minimum Gasteiger partial charge on any atom is -0.469 e. The van der Waals surface area contributed by atoms with Crippen molar-refractivity contribution in [1.82, 2.24) is 0 Å². The van der Waals surface area contributed by atoms with E-state index >= 15 is 0 Å². The first-order valence-electron chi connectivity index (χ1n) is 6.54. The van der Waals surface area contributed by atoms with E-state index in [1.165, 1.54) is 7.11 Å². The first-order chi connectivity index (χ1) is 8.95. The highest BCUT2D eigenvalue weighted by Crippen LogP contribution is 2.26. The van der Waals surface area contributed by atoms with E-state index in [0.717, 1.165) is 41.0 Å². The topological polar surface area (TPSA) is 52.3 Å². The van der Waals surface area contributed by atoms with Crippen molar-refractivity contribution in [3.8, 4) is 0 Å². The molecule has 19 heavy (non-hydrogen) atoms. The lowest BCUT2D eigenvalue weighted by molar-refractivity contribution is -0.140. The van der Waals surface area contributed by atoms with Crippen molar-refractivity contribution in [3.05, 3.63) is 33.8 Å². The molecule has 106 valence electrons. The number of esters is 1. The van der Waals surface area contributed by atoms with Crippen LogP contribution in [0.5, 0.6) is 0 Å². The molecule has 0 saturated heterocycles. The van der Waals surface area contributed by atoms with E-state index in [-0.39, 0.29) is 12.0 Å². The Bertz CT molecular complexity index is 446. The fourth-order valence-electron chi connectivity index (χ4n) is 2.09. The molecule has 1 aromatic carbocycles. The van der Waals surface area contributed by atoms with Crippen LogP contribution in [0.4, 0.5) is 0 Å². The molecule has 0 heterocycles. The maximum Gasteiger partial charge on any atom is 0.305 e. The van der Waals surface area contributed by atoms with Gasteiger partial charge in [-0.1, -0.05) is 24.1 Å². The van der Waals surface area contributed by atoms with Crippen molar-refractivity contribution >= 4 is 17.6 Å². The molecular formula is C15H22ClNO2. The van der Waals surface area contributed by atoms with E-state index in [1.807, 2.05) is 19.9 Å². The zero-order chi connectivity index (χ0) is 14.4. The van der Waals surface area contributed by atoms with Crippen LogP contribution < -0.4 is 5.73 Å². The molecule has 1 unspecified atom stereocenters. The molecular weight excluding hydrogens is 262 g/mol. The van der Waals surface area contributed by atoms with Gasteiger partial charge in [0.25, 0.3) is 0 Å². The number of ether oxygens (including phenoxy) is 1. The van der Waals surface area contributed by atoms with Crippen molar-refractivity contribution in [3.63, 3.8) is 0 Å². The van der Waals surface area contributed by atoms with Crippen LogP contribution >= 0.6 is 11.6 Å². The first-order valence-corrected chi connectivity index (χ1v) is 6.92. The number of aryl methyl sites for hydroxylation is 2. The van der Waals surface area contributed by atoms with E-state index in [4.69, 9.17) is 17.3 Å². The van der Waals surface area contributed by atoms with Crippen molar-refractivity contribution in [2.24, 2.45) is 5.73 Å². The Morgan fingerprint density at radius 3 is 2.63 bits per heavy atom. The van der Waals surface area contributed by atoms with E-state index in [0.29, 0.717) is 6.42 Å². The van der Waals surface area contributed by atoms with Gasteiger partial charge in [-0.2, -0.15) is 0 Å². The van der Waals surface area contributed by atoms with Gasteiger partial charge in [-0.3, -0.25) is 4.79 Å². The van der Waals surface area contributed by atoms with Gasteiger partial charge in [0.1, 0.15) is 0 Å². The molecule has 0 bridgehead atoms. The molecule has 0 aliphatic rings. The molecule has 3 nitrogen and oxygen atoms in total. The molecule has 0 saturated carbocycles. The van der Waals surface area contributed by atoms with E-state index in [9.17, 15) is 4.79 Å². The van der Waals surface area contributed by atoms with Crippen LogP contribution in [0, 0.1) is 13.8 Å². The molecule has 0 spiro atoms. The van der Waals surface area contributed by atoms with E-state index in [2.05, 4.69) is 10.8 Å². The smallest absolute Gasteiger partial charge is 0.305 e. The average Bonchev–Trinajstić information content (AvgIpc) is 2.38. The first kappa shape index (κ1) is 16.0. The van der Waals surface area contributed by atoms with Gasteiger partial charge >= 0.3 is 5.97 Å². The van der Waals surface area contributed by atoms with Gasteiger partial charge in [0.15, 0.2) is 0 Å². The van der Waals surface area contributed by atoms with E-state index in [1.54, 1.807) is 0 Å². The van der Waals surface area contributed by atoms with Gasteiger partial charge < -0.3 is 10.5 Å². The summed E-state index contributed by atoms with van der Waals surface area (Å²) in [7, 11) is 1.41. The summed E-state index contributed by atoms with van der Waals surface area (Å²) in [6.45, 7) is 4.00. The molecule has 4 heteroatoms. The third-order valence-corrected chi connectivity index (χ3v) is 3.73. The van der Waals surface area contributed by atoms with Crippen molar-refractivity contribution in [1.29, 1.82) is 0 Å². The minimum atomic E-state index is -0.160. The zero-order valence-electron chi connectivity index (χ0n) is 11.8. The van der Waals surface area contributed by atoms with Gasteiger partial charge in [0.2, 0.25) is 0 Å². The molecule has 0 amide bonds. The Morgan fingerprint density at radius 1 is 1.32 bits per heavy atom. The summed E-state index contributed by atoms with van der Waals surface area (Å²) in [6, 6.07) is 4.01. The van der Waals surface area contributed by atoms with Crippen LogP contribution in [-0.4, -0.2) is 13.1 Å². The molecule has 1 atom stereocenters. The highest BCUT2D eigenvalue weighted by atomic mass is 35.5. The molecule has 0 aromatic heterocycles. The van der Waals surface area contributed by atoms with Gasteiger partial charge in [-0.25, -0.2) is 0 Å². The summed E-state index contributed by atoms with van der Waals surface area (Å²) in [5, 5.41) is 0.777. The van der Waals surface area contributed by atoms with Crippen LogP contribution in [0.2, 0.25) is 5.02 Å². The zero-order valence-corrected chi connectivity index (χ0v) is 12.6. The summed E-state index contributed by atoms with van der Waals surface area (Å²) < 4.78 is 4.61. The number of benzene rings is 1. The Labute approximate surface area is 120 Å². The fourth-order valence-corrected chi connectivity index (χ4v) is 2.31. The maximum absolute atomic E-state index is 11.0. The lowest BCUT2D eigenvalue weighted by Crippen LogP contribution is -2.12. The number of methoxy groups -OCH3 is 1. The number of carbonyl (C=O) groups excluding carboxylic acids is 1. The lowest BCUT2D eigenvalue weighted by atomic mass is 9.95. The summed E-state index contributed by atoms with van der Waals surface area (Å²) in [4.78, 5) is 11.0. The number of rotatable bonds is 6. The van der Waals surface area contributed by atoms with Crippen LogP contribution in [0.3, 0.4) is 0 Å². The minimum absolute atomic E-state index is 0.00591. The van der Waals surface area contributed by atoms with Gasteiger partial charge in [-0.15, -0.1) is 0 Å². The van der Waals surface area contributed by atoms with Gasteiger partial charge in [-0.05, 0) is 49.4 Å². The Kier molecular flexibility index (Phi) is 6.32. The molecule has 1 aromatic rings. The van der Waals surface area contributed by atoms with Crippen molar-refractivity contribution in [2.75, 3.05) is 7.11 Å². The summed E-state index contributed by atoms with van der Waals surface area (Å²) >= 11 is 6.08. The summed E-state index contributed by atoms with van der Waals surface area (Å²) in [5.74, 6) is -0.160. The maximum atomic E-state index is 11.0. The number of halogens is 1. The van der Waals surface area contributed by atoms with Crippen molar-refractivity contribution < 1.29 is 9.53 Å². The number of nitrogens with two attached hydrogens (primary N) is 1. The highest BCUT2D eigenvalue weighted by Gasteiger charge is 2.11. The third-order valence-electron chi connectivity index (χ3n) is 3.32. The predicted molar refractivity (Wildman–Crippen MR) is 78.3 cm³/mol. The lowest BCUT2D eigenvalue weighted by Gasteiger charge is -2.16. The second kappa shape index (κ2) is 7.51. The predicted octanol–water partition coefficient (Wildman–Crippen LogP) is 3.69. The van der Waals surface area contributed by atoms with Crippen LogP contribution in [0.15, 0.2) is 12.1 Å². The standard InChI is InChI=1S/C15H22ClNO2/c1-10-9-13(16)11(2)8-12(10)14(17)6-4-5-7-15(18)19-3/h8-9,14H,4-7,17H2,1-3H3. The van der Waals surface area contributed by atoms with Gasteiger partial charge in [0.05, 0.1) is 7.11 Å². The van der Waals surface area contributed by atoms with Gasteiger partial charge in [0, 0.05) is 17.5 Å². The Balaban J connectivity index is 2.52. The fraction of sp³-hybridized carbons (Fsp3) is 0.533. The van der Waals surface area contributed by atoms with E-state index < -0.39 is 0 Å². The summed E-state index contributed by atoms with van der Waals surface area (Å²) in [6.07, 6.45) is 3.05. The molecule has 1 rings (SSSR count). The molecule has 0 aliphatic heterocycles. The van der Waals surface area contributed by atoms with Crippen LogP contribution in [0.25, 0.3) is 0 Å². The Hall–Kier alpha value is -1.06. The monoisotopic (exact) mass is 283 g/mol. The summed E-state index contributed by atoms with van der Waals surface area (Å²) in [5.41, 5.74) is 9.51. The number of carbonyl (C=O) groups is 1. The molecule has 2 N–H and O–H groups in total. The quantitative estimate of drug-likeness (QED) is 0.640. The molecule has 0 radical (unpaired) electrons. The second-order valence-corrected chi connectivity index (χ2v) is 5.29. The average molecular weight is 284 g/mol. The van der Waals surface area contributed by atoms with Crippen molar-refractivity contribution in [2.45, 2.75) is 45.6 Å². The second-order valence-electron chi connectivity index (χ2n) is 4.89. The number of hydrogen-bond donors (Lipinski definition) is 1. The van der Waals surface area contributed by atoms with Crippen LogP contribution in [-0.2, 0) is 9.53 Å². The normalized spacial score (nSPS) is 12.3. The highest BCUT2D eigenvalue weighted by molar-refractivity contribution is 6.31. The van der Waals surface area contributed by atoms with Crippen LogP contribution in [0.1, 0.15) is 48.4 Å². The SMILES string of the molecule is COC(=O)CCCCC(N)c1cc(C)c(Cl)cc1C. The largest absolute Gasteiger partial charge is 0.469 e. The number of unbranched alkanes of at least 4 members (excludes halogenated alkanes) is 1. The third kappa shape index (κ3) is 4.84. The Morgan fingerprint density at radius 2 is 2.00 bits per heavy atom. The number of hydrogen-bond acceptors (Lipinski definition) is 3.